The molecule has 1 atom stereocenters. The topological polar surface area (TPSA) is 90.9 Å². The summed E-state index contributed by atoms with van der Waals surface area (Å²) in [5.74, 6) is 0.724. The molecule has 0 bridgehead atoms. The molecule has 1 fully saturated rings. The van der Waals surface area contributed by atoms with Crippen molar-refractivity contribution in [3.05, 3.63) is 0 Å². The molecule has 1 aliphatic carbocycles. The van der Waals surface area contributed by atoms with Crippen molar-refractivity contribution < 1.29 is 10.3 Å². The van der Waals surface area contributed by atoms with E-state index >= 15 is 0 Å². The van der Waals surface area contributed by atoms with Crippen LogP contribution < -0.4 is 11.1 Å². The molecule has 0 amide bonds. The van der Waals surface area contributed by atoms with Crippen molar-refractivity contribution in [1.29, 1.82) is 0 Å². The SMILES string of the molecule is CC(CO)CCCNCC1(CC(N)=NO)CC1. The van der Waals surface area contributed by atoms with E-state index in [4.69, 9.17) is 16.0 Å². The van der Waals surface area contributed by atoms with Crippen molar-refractivity contribution in [1.82, 2.24) is 5.32 Å². The van der Waals surface area contributed by atoms with Crippen LogP contribution in [0.5, 0.6) is 0 Å². The minimum atomic E-state index is 0.235. The second-order valence-corrected chi connectivity index (χ2v) is 5.37. The first kappa shape index (κ1) is 14.3. The van der Waals surface area contributed by atoms with Gasteiger partial charge < -0.3 is 21.4 Å². The molecule has 0 aromatic heterocycles. The van der Waals surface area contributed by atoms with E-state index in [-0.39, 0.29) is 12.0 Å². The van der Waals surface area contributed by atoms with Crippen LogP contribution in [0.2, 0.25) is 0 Å². The van der Waals surface area contributed by atoms with Gasteiger partial charge in [0, 0.05) is 19.6 Å². The van der Waals surface area contributed by atoms with Crippen molar-refractivity contribution >= 4 is 5.84 Å². The highest BCUT2D eigenvalue weighted by Gasteiger charge is 2.42. The van der Waals surface area contributed by atoms with Gasteiger partial charge in [-0.25, -0.2) is 0 Å². The molecule has 0 radical (unpaired) electrons. The second-order valence-electron chi connectivity index (χ2n) is 5.37. The molecular formula is C12H25N3O2. The van der Waals surface area contributed by atoms with Crippen LogP contribution in [0.15, 0.2) is 5.16 Å². The van der Waals surface area contributed by atoms with Crippen molar-refractivity contribution in [2.24, 2.45) is 22.2 Å². The first-order chi connectivity index (χ1) is 8.12. The number of hydrogen-bond acceptors (Lipinski definition) is 4. The average molecular weight is 243 g/mol. The summed E-state index contributed by atoms with van der Waals surface area (Å²) in [6.45, 7) is 4.24. The highest BCUT2D eigenvalue weighted by molar-refractivity contribution is 5.80. The Labute approximate surface area is 103 Å². The van der Waals surface area contributed by atoms with Crippen LogP contribution in [0.25, 0.3) is 0 Å². The van der Waals surface area contributed by atoms with Gasteiger partial charge in [-0.2, -0.15) is 0 Å². The zero-order valence-electron chi connectivity index (χ0n) is 10.7. The predicted molar refractivity (Wildman–Crippen MR) is 68.0 cm³/mol. The zero-order chi connectivity index (χ0) is 12.7. The van der Waals surface area contributed by atoms with Crippen LogP contribution in [0.3, 0.4) is 0 Å². The molecule has 100 valence electrons. The van der Waals surface area contributed by atoms with Crippen molar-refractivity contribution in [3.8, 4) is 0 Å². The Morgan fingerprint density at radius 1 is 1.53 bits per heavy atom. The van der Waals surface area contributed by atoms with Gasteiger partial charge in [0.1, 0.15) is 5.84 Å². The van der Waals surface area contributed by atoms with Gasteiger partial charge >= 0.3 is 0 Å². The lowest BCUT2D eigenvalue weighted by Gasteiger charge is -2.15. The number of aliphatic hydroxyl groups excluding tert-OH is 1. The van der Waals surface area contributed by atoms with E-state index in [1.807, 2.05) is 0 Å². The largest absolute Gasteiger partial charge is 0.409 e. The fraction of sp³-hybridized carbons (Fsp3) is 0.917. The summed E-state index contributed by atoms with van der Waals surface area (Å²) in [5.41, 5.74) is 5.77. The molecule has 5 nitrogen and oxygen atoms in total. The molecule has 0 aromatic carbocycles. The van der Waals surface area contributed by atoms with Gasteiger partial charge in [0.15, 0.2) is 0 Å². The smallest absolute Gasteiger partial charge is 0.139 e. The summed E-state index contributed by atoms with van der Waals surface area (Å²) in [6, 6.07) is 0. The van der Waals surface area contributed by atoms with Gasteiger partial charge in [-0.15, -0.1) is 0 Å². The molecule has 0 spiro atoms. The molecule has 5 N–H and O–H groups in total. The fourth-order valence-corrected chi connectivity index (χ4v) is 2.03. The van der Waals surface area contributed by atoms with E-state index in [1.54, 1.807) is 0 Å². The van der Waals surface area contributed by atoms with E-state index < -0.39 is 0 Å². The lowest BCUT2D eigenvalue weighted by atomic mass is 10.0. The van der Waals surface area contributed by atoms with Crippen LogP contribution in [0.1, 0.15) is 39.0 Å². The quantitative estimate of drug-likeness (QED) is 0.159. The molecule has 5 heteroatoms. The summed E-state index contributed by atoms with van der Waals surface area (Å²) < 4.78 is 0. The molecule has 1 unspecified atom stereocenters. The number of amidine groups is 1. The van der Waals surface area contributed by atoms with Gasteiger partial charge in [0.05, 0.1) is 0 Å². The summed E-state index contributed by atoms with van der Waals surface area (Å²) in [5, 5.41) is 23.9. The normalized spacial score (nSPS) is 20.2. The first-order valence-electron chi connectivity index (χ1n) is 6.40. The Bertz CT molecular complexity index is 252. The van der Waals surface area contributed by atoms with E-state index in [0.29, 0.717) is 18.2 Å². The lowest BCUT2D eigenvalue weighted by Crippen LogP contribution is -2.29. The summed E-state index contributed by atoms with van der Waals surface area (Å²) in [4.78, 5) is 0. The van der Waals surface area contributed by atoms with Gasteiger partial charge in [-0.3, -0.25) is 0 Å². The summed E-state index contributed by atoms with van der Waals surface area (Å²) in [7, 11) is 0. The molecule has 0 aliphatic heterocycles. The third kappa shape index (κ3) is 5.37. The monoisotopic (exact) mass is 243 g/mol. The predicted octanol–water partition coefficient (Wildman–Crippen LogP) is 0.901. The third-order valence-corrected chi connectivity index (χ3v) is 3.50. The zero-order valence-corrected chi connectivity index (χ0v) is 10.7. The third-order valence-electron chi connectivity index (χ3n) is 3.50. The van der Waals surface area contributed by atoms with Gasteiger partial charge in [0.2, 0.25) is 0 Å². The Morgan fingerprint density at radius 2 is 2.24 bits per heavy atom. The number of hydrogen-bond donors (Lipinski definition) is 4. The van der Waals surface area contributed by atoms with Gasteiger partial charge in [-0.1, -0.05) is 12.1 Å². The number of rotatable bonds is 9. The molecular weight excluding hydrogens is 218 g/mol. The molecule has 0 saturated heterocycles. The number of oxime groups is 1. The van der Waals surface area contributed by atoms with Crippen LogP contribution >= 0.6 is 0 Å². The standard InChI is InChI=1S/C12H25N3O2/c1-10(8-16)3-2-6-14-9-12(4-5-12)7-11(13)15-17/h10,14,16-17H,2-9H2,1H3,(H2,13,15). The lowest BCUT2D eigenvalue weighted by molar-refractivity contribution is 0.227. The Balaban J connectivity index is 2.06. The number of aliphatic hydroxyl groups is 1. The van der Waals surface area contributed by atoms with Crippen molar-refractivity contribution in [2.45, 2.75) is 39.0 Å². The molecule has 0 heterocycles. The van der Waals surface area contributed by atoms with Crippen molar-refractivity contribution in [2.75, 3.05) is 19.7 Å². The first-order valence-corrected chi connectivity index (χ1v) is 6.40. The maximum absolute atomic E-state index is 8.89. The molecule has 0 aromatic rings. The maximum Gasteiger partial charge on any atom is 0.139 e. The second kappa shape index (κ2) is 6.81. The minimum Gasteiger partial charge on any atom is -0.409 e. The van der Waals surface area contributed by atoms with E-state index in [1.165, 1.54) is 0 Å². The van der Waals surface area contributed by atoms with E-state index in [9.17, 15) is 0 Å². The van der Waals surface area contributed by atoms with Crippen LogP contribution in [0, 0.1) is 11.3 Å². The number of nitrogens with zero attached hydrogens (tertiary/aromatic N) is 1. The average Bonchev–Trinajstić information content (AvgIpc) is 3.08. The summed E-state index contributed by atoms with van der Waals surface area (Å²) >= 11 is 0. The van der Waals surface area contributed by atoms with E-state index in [0.717, 1.165) is 38.8 Å². The Kier molecular flexibility index (Phi) is 5.71. The molecule has 17 heavy (non-hydrogen) atoms. The number of nitrogens with one attached hydrogen (secondary N) is 1. The molecule has 1 aliphatic rings. The maximum atomic E-state index is 8.89. The Hall–Kier alpha value is -0.810. The molecule has 1 rings (SSSR count). The van der Waals surface area contributed by atoms with E-state index in [2.05, 4.69) is 17.4 Å². The minimum absolute atomic E-state index is 0.235. The molecule has 1 saturated carbocycles. The number of nitrogens with two attached hydrogens (primary N) is 1. The highest BCUT2D eigenvalue weighted by Crippen LogP contribution is 2.48. The van der Waals surface area contributed by atoms with Crippen LogP contribution in [-0.4, -0.2) is 35.8 Å². The van der Waals surface area contributed by atoms with Gasteiger partial charge in [-0.05, 0) is 43.6 Å². The Morgan fingerprint density at radius 3 is 2.76 bits per heavy atom. The highest BCUT2D eigenvalue weighted by atomic mass is 16.4. The summed E-state index contributed by atoms with van der Waals surface area (Å²) in [6.07, 6.45) is 5.13. The van der Waals surface area contributed by atoms with Gasteiger partial charge in [0.25, 0.3) is 0 Å². The van der Waals surface area contributed by atoms with Crippen LogP contribution in [0.4, 0.5) is 0 Å². The fourth-order valence-electron chi connectivity index (χ4n) is 2.03. The van der Waals surface area contributed by atoms with Crippen LogP contribution in [-0.2, 0) is 0 Å². The van der Waals surface area contributed by atoms with Crippen molar-refractivity contribution in [3.63, 3.8) is 0 Å².